The SMILES string of the molecule is CCCCN(CC)S(=O)(=O)c1ccc(C(=O)N(CCCN(C)C)c2nc3c(C)cc(Cl)cc3s2)cc1.Cl. The predicted octanol–water partition coefficient (Wildman–Crippen LogP) is 6.09. The number of aryl methyl sites for hydroxylation is 1. The Morgan fingerprint density at radius 3 is 2.30 bits per heavy atom. The number of unbranched alkanes of at least 4 members (excludes halogenated alkanes) is 1. The van der Waals surface area contributed by atoms with Crippen LogP contribution in [-0.2, 0) is 10.0 Å². The van der Waals surface area contributed by atoms with Gasteiger partial charge in [-0.25, -0.2) is 13.4 Å². The van der Waals surface area contributed by atoms with Crippen LogP contribution in [0.1, 0.15) is 49.0 Å². The molecule has 0 aliphatic carbocycles. The largest absolute Gasteiger partial charge is 0.309 e. The molecule has 1 amide bonds. The van der Waals surface area contributed by atoms with Crippen molar-refractivity contribution in [3.05, 3.63) is 52.5 Å². The molecule has 0 fully saturated rings. The molecule has 0 aliphatic heterocycles. The van der Waals surface area contributed by atoms with Crippen LogP contribution in [0.15, 0.2) is 41.3 Å². The summed E-state index contributed by atoms with van der Waals surface area (Å²) in [5.74, 6) is -0.209. The number of carbonyl (C=O) groups is 1. The summed E-state index contributed by atoms with van der Waals surface area (Å²) in [7, 11) is 0.381. The second-order valence-electron chi connectivity index (χ2n) is 9.05. The minimum Gasteiger partial charge on any atom is -0.309 e. The van der Waals surface area contributed by atoms with E-state index in [0.29, 0.717) is 35.4 Å². The third kappa shape index (κ3) is 7.65. The summed E-state index contributed by atoms with van der Waals surface area (Å²) < 4.78 is 28.6. The van der Waals surface area contributed by atoms with Crippen LogP contribution in [-0.4, -0.2) is 68.8 Å². The molecule has 0 bridgehead atoms. The topological polar surface area (TPSA) is 73.8 Å². The van der Waals surface area contributed by atoms with Crippen LogP contribution in [0.25, 0.3) is 10.2 Å². The summed E-state index contributed by atoms with van der Waals surface area (Å²) in [6.45, 7) is 8.03. The molecule has 3 rings (SSSR count). The van der Waals surface area contributed by atoms with E-state index in [2.05, 4.69) is 4.90 Å². The third-order valence-corrected chi connectivity index (χ3v) is 9.19. The molecule has 37 heavy (non-hydrogen) atoms. The van der Waals surface area contributed by atoms with E-state index in [1.165, 1.54) is 27.8 Å². The Hall–Kier alpha value is -1.75. The van der Waals surface area contributed by atoms with Crippen LogP contribution in [0.4, 0.5) is 5.13 Å². The Morgan fingerprint density at radius 1 is 1.03 bits per heavy atom. The zero-order valence-electron chi connectivity index (χ0n) is 22.0. The van der Waals surface area contributed by atoms with Crippen molar-refractivity contribution < 1.29 is 13.2 Å². The number of amides is 1. The second kappa shape index (κ2) is 13.9. The average Bonchev–Trinajstić information content (AvgIpc) is 3.25. The van der Waals surface area contributed by atoms with E-state index < -0.39 is 10.0 Å². The van der Waals surface area contributed by atoms with Crippen molar-refractivity contribution >= 4 is 66.6 Å². The molecule has 0 saturated carbocycles. The minimum atomic E-state index is -3.61. The van der Waals surface area contributed by atoms with Crippen molar-refractivity contribution in [1.82, 2.24) is 14.2 Å². The number of fused-ring (bicyclic) bond motifs is 1. The molecule has 7 nitrogen and oxygen atoms in total. The summed E-state index contributed by atoms with van der Waals surface area (Å²) in [6, 6.07) is 9.97. The summed E-state index contributed by atoms with van der Waals surface area (Å²) in [5, 5.41) is 1.24. The quantitative estimate of drug-likeness (QED) is 0.257. The molecule has 1 heterocycles. The van der Waals surface area contributed by atoms with E-state index in [4.69, 9.17) is 16.6 Å². The number of hydrogen-bond acceptors (Lipinski definition) is 6. The smallest absolute Gasteiger partial charge is 0.260 e. The van der Waals surface area contributed by atoms with Gasteiger partial charge in [-0.2, -0.15) is 4.31 Å². The first kappa shape index (κ1) is 31.5. The Morgan fingerprint density at radius 2 is 1.70 bits per heavy atom. The second-order valence-corrected chi connectivity index (χ2v) is 12.4. The number of aromatic nitrogens is 1. The fraction of sp³-hybridized carbons (Fsp3) is 0.462. The Labute approximate surface area is 235 Å². The van der Waals surface area contributed by atoms with Gasteiger partial charge in [-0.05, 0) is 82.4 Å². The van der Waals surface area contributed by atoms with Crippen LogP contribution in [0, 0.1) is 6.92 Å². The number of benzene rings is 2. The maximum Gasteiger partial charge on any atom is 0.260 e. The molecule has 204 valence electrons. The highest BCUT2D eigenvalue weighted by Gasteiger charge is 2.25. The van der Waals surface area contributed by atoms with Crippen molar-refractivity contribution in [3.8, 4) is 0 Å². The molecular weight excluding hydrogens is 551 g/mol. The molecule has 0 radical (unpaired) electrons. The number of thiazole rings is 1. The van der Waals surface area contributed by atoms with Gasteiger partial charge in [-0.15, -0.1) is 12.4 Å². The zero-order valence-corrected chi connectivity index (χ0v) is 25.2. The Bertz CT molecular complexity index is 1300. The highest BCUT2D eigenvalue weighted by molar-refractivity contribution is 7.89. The van der Waals surface area contributed by atoms with Crippen molar-refractivity contribution in [2.45, 2.75) is 44.9 Å². The number of hydrogen-bond donors (Lipinski definition) is 0. The third-order valence-electron chi connectivity index (χ3n) is 5.95. The van der Waals surface area contributed by atoms with Gasteiger partial charge in [0.1, 0.15) is 0 Å². The van der Waals surface area contributed by atoms with E-state index in [9.17, 15) is 13.2 Å². The van der Waals surface area contributed by atoms with Crippen LogP contribution in [0.3, 0.4) is 0 Å². The highest BCUT2D eigenvalue weighted by atomic mass is 35.5. The molecule has 11 heteroatoms. The lowest BCUT2D eigenvalue weighted by Gasteiger charge is -2.22. The standard InChI is InChI=1S/C26H35ClN4O3S2.ClH/c1-6-8-15-30(7-2)36(33,34)22-12-10-20(11-13-22)25(32)31(16-9-14-29(4)5)26-28-24-19(3)17-21(27)18-23(24)35-26;/h10-13,17-18H,6-9,14-16H2,1-5H3;1H. The fourth-order valence-electron chi connectivity index (χ4n) is 3.94. The van der Waals surface area contributed by atoms with E-state index in [0.717, 1.165) is 41.6 Å². The highest BCUT2D eigenvalue weighted by Crippen LogP contribution is 2.34. The van der Waals surface area contributed by atoms with Gasteiger partial charge in [0.2, 0.25) is 10.0 Å². The maximum absolute atomic E-state index is 13.6. The first-order valence-corrected chi connectivity index (χ1v) is 14.8. The Balaban J connectivity index is 0.00000481. The summed E-state index contributed by atoms with van der Waals surface area (Å²) >= 11 is 7.67. The molecule has 0 N–H and O–H groups in total. The lowest BCUT2D eigenvalue weighted by molar-refractivity contribution is 0.0986. The first-order valence-electron chi connectivity index (χ1n) is 12.2. The molecular formula is C26H36Cl2N4O3S2. The number of nitrogens with zero attached hydrogens (tertiary/aromatic N) is 4. The lowest BCUT2D eigenvalue weighted by Crippen LogP contribution is -2.34. The summed E-state index contributed by atoms with van der Waals surface area (Å²) in [5.41, 5.74) is 2.21. The predicted molar refractivity (Wildman–Crippen MR) is 157 cm³/mol. The van der Waals surface area contributed by atoms with Gasteiger partial charge in [0.25, 0.3) is 5.91 Å². The molecule has 0 spiro atoms. The van der Waals surface area contributed by atoms with E-state index in [1.807, 2.05) is 47.0 Å². The van der Waals surface area contributed by atoms with Crippen LogP contribution in [0.2, 0.25) is 5.02 Å². The van der Waals surface area contributed by atoms with Crippen LogP contribution in [0.5, 0.6) is 0 Å². The van der Waals surface area contributed by atoms with Crippen molar-refractivity contribution in [2.75, 3.05) is 45.2 Å². The fourth-order valence-corrected chi connectivity index (χ4v) is 6.88. The van der Waals surface area contributed by atoms with E-state index >= 15 is 0 Å². The molecule has 2 aromatic carbocycles. The van der Waals surface area contributed by atoms with Gasteiger partial charge < -0.3 is 4.90 Å². The maximum atomic E-state index is 13.6. The first-order chi connectivity index (χ1) is 17.1. The summed E-state index contributed by atoms with van der Waals surface area (Å²) in [6.07, 6.45) is 2.49. The lowest BCUT2D eigenvalue weighted by atomic mass is 10.2. The van der Waals surface area contributed by atoms with E-state index in [1.54, 1.807) is 17.0 Å². The van der Waals surface area contributed by atoms with Gasteiger partial charge in [0, 0.05) is 30.2 Å². The van der Waals surface area contributed by atoms with Crippen LogP contribution < -0.4 is 4.90 Å². The molecule has 1 aromatic heterocycles. The van der Waals surface area contributed by atoms with Gasteiger partial charge in [0.05, 0.1) is 15.1 Å². The molecule has 0 aliphatic rings. The van der Waals surface area contributed by atoms with Crippen LogP contribution >= 0.6 is 35.3 Å². The van der Waals surface area contributed by atoms with Gasteiger partial charge in [-0.1, -0.05) is 43.2 Å². The number of sulfonamides is 1. The number of carbonyl (C=O) groups excluding carboxylic acids is 1. The van der Waals surface area contributed by atoms with Crippen molar-refractivity contribution in [2.24, 2.45) is 0 Å². The molecule has 3 aromatic rings. The monoisotopic (exact) mass is 586 g/mol. The number of anilines is 1. The van der Waals surface area contributed by atoms with Gasteiger partial charge >= 0.3 is 0 Å². The number of halogens is 2. The van der Waals surface area contributed by atoms with Gasteiger partial charge in [-0.3, -0.25) is 9.69 Å². The van der Waals surface area contributed by atoms with Crippen molar-refractivity contribution in [1.29, 1.82) is 0 Å². The van der Waals surface area contributed by atoms with Gasteiger partial charge in [0.15, 0.2) is 5.13 Å². The average molecular weight is 588 g/mol. The van der Waals surface area contributed by atoms with Crippen molar-refractivity contribution in [3.63, 3.8) is 0 Å². The number of rotatable bonds is 12. The summed E-state index contributed by atoms with van der Waals surface area (Å²) in [4.78, 5) is 22.4. The zero-order chi connectivity index (χ0) is 26.5. The normalized spacial score (nSPS) is 11.8. The van der Waals surface area contributed by atoms with E-state index in [-0.39, 0.29) is 23.2 Å². The molecule has 0 atom stereocenters. The molecule has 0 saturated heterocycles. The Kier molecular flexibility index (Phi) is 11.8. The molecule has 0 unspecified atom stereocenters. The minimum absolute atomic E-state index is 0.